The van der Waals surface area contributed by atoms with E-state index in [9.17, 15) is 24.6 Å². The van der Waals surface area contributed by atoms with E-state index >= 15 is 0 Å². The predicted molar refractivity (Wildman–Crippen MR) is 123 cm³/mol. The molecule has 8 heteroatoms. The summed E-state index contributed by atoms with van der Waals surface area (Å²) >= 11 is 1.42. The zero-order chi connectivity index (χ0) is 23.3. The Hall–Kier alpha value is -3.49. The molecule has 0 radical (unpaired) electrons. The van der Waals surface area contributed by atoms with Crippen LogP contribution in [0.2, 0.25) is 0 Å². The SMILES string of the molecule is Cc1ccccc1N1C(=O)C2C(c3cccs3)NC(Cc3ccc(O)cc3)(C(=O)O)C2C1=O. The Morgan fingerprint density at radius 3 is 2.42 bits per heavy atom. The number of anilines is 1. The minimum Gasteiger partial charge on any atom is -0.508 e. The van der Waals surface area contributed by atoms with Gasteiger partial charge in [0.15, 0.2) is 0 Å². The Balaban J connectivity index is 1.65. The maximum absolute atomic E-state index is 13.8. The van der Waals surface area contributed by atoms with Gasteiger partial charge in [-0.15, -0.1) is 11.3 Å². The Kier molecular flexibility index (Phi) is 5.07. The molecule has 0 aliphatic carbocycles. The van der Waals surface area contributed by atoms with Gasteiger partial charge in [-0.1, -0.05) is 36.4 Å². The molecule has 4 unspecified atom stereocenters. The number of phenols is 1. The number of carboxylic acids is 1. The van der Waals surface area contributed by atoms with E-state index in [-0.39, 0.29) is 18.1 Å². The summed E-state index contributed by atoms with van der Waals surface area (Å²) in [5.74, 6) is -3.94. The first-order chi connectivity index (χ1) is 15.8. The highest BCUT2D eigenvalue weighted by atomic mass is 32.1. The number of aliphatic carboxylic acids is 1. The molecule has 2 aromatic carbocycles. The van der Waals surface area contributed by atoms with Gasteiger partial charge in [-0.2, -0.15) is 0 Å². The lowest BCUT2D eigenvalue weighted by Crippen LogP contribution is -2.57. The number of nitrogens with zero attached hydrogens (tertiary/aromatic N) is 1. The van der Waals surface area contributed by atoms with Gasteiger partial charge in [0.25, 0.3) is 0 Å². The lowest BCUT2D eigenvalue weighted by Gasteiger charge is -2.31. The number of carbonyl (C=O) groups is 3. The molecule has 2 aliphatic heterocycles. The quantitative estimate of drug-likeness (QED) is 0.503. The fourth-order valence-electron chi connectivity index (χ4n) is 5.14. The number of rotatable bonds is 5. The molecule has 0 saturated carbocycles. The van der Waals surface area contributed by atoms with Crippen LogP contribution < -0.4 is 10.2 Å². The van der Waals surface area contributed by atoms with Gasteiger partial charge in [-0.3, -0.25) is 19.7 Å². The number of phenolic OH excluding ortho intramolecular Hbond substituents is 1. The van der Waals surface area contributed by atoms with Gasteiger partial charge < -0.3 is 10.2 Å². The number of imide groups is 1. The van der Waals surface area contributed by atoms with Crippen molar-refractivity contribution < 1.29 is 24.6 Å². The molecule has 2 amide bonds. The average molecular weight is 463 g/mol. The number of hydrogen-bond donors (Lipinski definition) is 3. The normalized spacial score (nSPS) is 26.6. The number of fused-ring (bicyclic) bond motifs is 1. The summed E-state index contributed by atoms with van der Waals surface area (Å²) in [7, 11) is 0. The largest absolute Gasteiger partial charge is 0.508 e. The molecule has 1 aromatic heterocycles. The van der Waals surface area contributed by atoms with Crippen molar-refractivity contribution in [2.45, 2.75) is 24.9 Å². The summed E-state index contributed by atoms with van der Waals surface area (Å²) in [6.45, 7) is 1.82. The lowest BCUT2D eigenvalue weighted by atomic mass is 9.76. The van der Waals surface area contributed by atoms with Gasteiger partial charge in [-0.25, -0.2) is 4.90 Å². The number of hydrogen-bond acceptors (Lipinski definition) is 6. The number of carboxylic acid groups (broad SMARTS) is 1. The first-order valence-corrected chi connectivity index (χ1v) is 11.5. The van der Waals surface area contributed by atoms with E-state index in [1.807, 2.05) is 36.6 Å². The van der Waals surface area contributed by atoms with Crippen molar-refractivity contribution in [1.82, 2.24) is 5.32 Å². The molecule has 3 N–H and O–H groups in total. The minimum absolute atomic E-state index is 0.00765. The van der Waals surface area contributed by atoms with E-state index in [0.29, 0.717) is 11.3 Å². The molecule has 7 nitrogen and oxygen atoms in total. The van der Waals surface area contributed by atoms with Crippen molar-refractivity contribution in [3.63, 3.8) is 0 Å². The second-order valence-corrected chi connectivity index (χ2v) is 9.54. The van der Waals surface area contributed by atoms with Crippen molar-refractivity contribution in [1.29, 1.82) is 0 Å². The average Bonchev–Trinajstić information content (AvgIpc) is 3.48. The number of aromatic hydroxyl groups is 1. The summed E-state index contributed by atoms with van der Waals surface area (Å²) in [6, 6.07) is 16.4. The topological polar surface area (TPSA) is 107 Å². The summed E-state index contributed by atoms with van der Waals surface area (Å²) < 4.78 is 0. The molecular weight excluding hydrogens is 440 g/mol. The van der Waals surface area contributed by atoms with Crippen LogP contribution >= 0.6 is 11.3 Å². The number of benzene rings is 2. The first kappa shape index (κ1) is 21.4. The predicted octanol–water partition coefficient (Wildman–Crippen LogP) is 3.28. The molecule has 4 atom stereocenters. The van der Waals surface area contributed by atoms with Gasteiger partial charge in [0.2, 0.25) is 11.8 Å². The fraction of sp³-hybridized carbons (Fsp3) is 0.240. The van der Waals surface area contributed by atoms with Crippen LogP contribution in [0, 0.1) is 18.8 Å². The van der Waals surface area contributed by atoms with Gasteiger partial charge in [-0.05, 0) is 47.7 Å². The van der Waals surface area contributed by atoms with Crippen molar-refractivity contribution in [2.75, 3.05) is 4.90 Å². The Morgan fingerprint density at radius 2 is 1.79 bits per heavy atom. The third kappa shape index (κ3) is 3.25. The molecule has 0 spiro atoms. The second-order valence-electron chi connectivity index (χ2n) is 8.56. The number of carbonyl (C=O) groups excluding carboxylic acids is 2. The number of para-hydroxylation sites is 1. The number of nitrogens with one attached hydrogen (secondary N) is 1. The van der Waals surface area contributed by atoms with E-state index in [0.717, 1.165) is 10.4 Å². The van der Waals surface area contributed by atoms with Crippen LogP contribution in [-0.2, 0) is 20.8 Å². The van der Waals surface area contributed by atoms with E-state index < -0.39 is 35.3 Å². The van der Waals surface area contributed by atoms with E-state index in [4.69, 9.17) is 0 Å². The molecule has 5 rings (SSSR count). The minimum atomic E-state index is -1.68. The standard InChI is InChI=1S/C25H22N2O5S/c1-14-5-2-3-6-17(14)27-22(29)19-20(23(27)30)25(24(31)32,13-15-8-10-16(28)11-9-15)26-21(19)18-7-4-12-33-18/h2-12,19-21,26,28H,13H2,1H3,(H,31,32). The Bertz CT molecular complexity index is 1240. The number of aryl methyl sites for hydroxylation is 1. The summed E-state index contributed by atoms with van der Waals surface area (Å²) in [5, 5.41) is 25.2. The van der Waals surface area contributed by atoms with Crippen molar-refractivity contribution in [2.24, 2.45) is 11.8 Å². The summed E-state index contributed by atoms with van der Waals surface area (Å²) in [4.78, 5) is 42.3. The van der Waals surface area contributed by atoms with Crippen LogP contribution in [0.25, 0.3) is 0 Å². The van der Waals surface area contributed by atoms with E-state index in [1.54, 1.807) is 24.3 Å². The Morgan fingerprint density at radius 1 is 1.06 bits per heavy atom. The van der Waals surface area contributed by atoms with E-state index in [2.05, 4.69) is 5.32 Å². The van der Waals surface area contributed by atoms with Crippen LogP contribution in [0.1, 0.15) is 22.0 Å². The number of thiophene rings is 1. The van der Waals surface area contributed by atoms with Gasteiger partial charge >= 0.3 is 5.97 Å². The first-order valence-electron chi connectivity index (χ1n) is 10.6. The van der Waals surface area contributed by atoms with Gasteiger partial charge in [0.05, 0.1) is 23.6 Å². The zero-order valence-corrected chi connectivity index (χ0v) is 18.6. The van der Waals surface area contributed by atoms with Gasteiger partial charge in [0.1, 0.15) is 11.3 Å². The molecule has 3 aromatic rings. The smallest absolute Gasteiger partial charge is 0.325 e. The molecule has 2 aliphatic rings. The maximum atomic E-state index is 13.8. The molecule has 2 fully saturated rings. The van der Waals surface area contributed by atoms with Crippen LogP contribution in [0.4, 0.5) is 5.69 Å². The van der Waals surface area contributed by atoms with Gasteiger partial charge in [0, 0.05) is 11.3 Å². The summed E-state index contributed by atoms with van der Waals surface area (Å²) in [5.41, 5.74) is 0.207. The summed E-state index contributed by atoms with van der Waals surface area (Å²) in [6.07, 6.45) is -0.00765. The molecule has 168 valence electrons. The van der Waals surface area contributed by atoms with Crippen molar-refractivity contribution >= 4 is 34.8 Å². The third-order valence-electron chi connectivity index (χ3n) is 6.66. The fourth-order valence-corrected chi connectivity index (χ4v) is 5.96. The zero-order valence-electron chi connectivity index (χ0n) is 17.8. The lowest BCUT2D eigenvalue weighted by molar-refractivity contribution is -0.148. The molecule has 0 bridgehead atoms. The highest BCUT2D eigenvalue weighted by Crippen LogP contribution is 2.51. The van der Waals surface area contributed by atoms with Crippen molar-refractivity contribution in [3.05, 3.63) is 82.0 Å². The van der Waals surface area contributed by atoms with Crippen LogP contribution in [0.15, 0.2) is 66.0 Å². The number of amides is 2. The third-order valence-corrected chi connectivity index (χ3v) is 7.62. The van der Waals surface area contributed by atoms with E-state index in [1.165, 1.54) is 28.4 Å². The highest BCUT2D eigenvalue weighted by molar-refractivity contribution is 7.10. The molecule has 3 heterocycles. The molecule has 2 saturated heterocycles. The van der Waals surface area contributed by atoms with Crippen LogP contribution in [0.5, 0.6) is 5.75 Å². The van der Waals surface area contributed by atoms with Crippen molar-refractivity contribution in [3.8, 4) is 5.75 Å². The maximum Gasteiger partial charge on any atom is 0.325 e. The Labute approximate surface area is 194 Å². The monoisotopic (exact) mass is 462 g/mol. The van der Waals surface area contributed by atoms with Crippen LogP contribution in [0.3, 0.4) is 0 Å². The van der Waals surface area contributed by atoms with Crippen LogP contribution in [-0.4, -0.2) is 33.5 Å². The molecule has 33 heavy (non-hydrogen) atoms. The molecular formula is C25H22N2O5S. The highest BCUT2D eigenvalue weighted by Gasteiger charge is 2.68. The second kappa shape index (κ2) is 7.83.